The predicted octanol–water partition coefficient (Wildman–Crippen LogP) is -1.54. The molecule has 0 radical (unpaired) electrons. The van der Waals surface area contributed by atoms with Crippen molar-refractivity contribution in [3.05, 3.63) is 0 Å². The Bertz CT molecular complexity index is 140. The molecule has 1 rings (SSSR count). The second-order valence-electron chi connectivity index (χ2n) is 2.84. The molecule has 5 nitrogen and oxygen atoms in total. The first-order chi connectivity index (χ1) is 5.69. The van der Waals surface area contributed by atoms with Crippen LogP contribution < -0.4 is 0 Å². The van der Waals surface area contributed by atoms with Crippen LogP contribution in [-0.2, 0) is 9.47 Å². The second kappa shape index (κ2) is 4.15. The molecule has 72 valence electrons. The largest absolute Gasteiger partial charge is 0.394 e. The van der Waals surface area contributed by atoms with Crippen molar-refractivity contribution in [3.8, 4) is 0 Å². The summed E-state index contributed by atoms with van der Waals surface area (Å²) in [7, 11) is 1.38. The molecule has 1 aliphatic heterocycles. The van der Waals surface area contributed by atoms with E-state index < -0.39 is 24.6 Å². The van der Waals surface area contributed by atoms with Crippen LogP contribution in [0, 0.1) is 0 Å². The number of ether oxygens (including phenoxy) is 2. The van der Waals surface area contributed by atoms with Gasteiger partial charge in [-0.25, -0.2) is 0 Å². The minimum atomic E-state index is -1.03. The molecule has 3 unspecified atom stereocenters. The third kappa shape index (κ3) is 1.94. The van der Waals surface area contributed by atoms with Gasteiger partial charge in [0.2, 0.25) is 0 Å². The van der Waals surface area contributed by atoms with Crippen LogP contribution in [0.25, 0.3) is 0 Å². The zero-order chi connectivity index (χ0) is 9.14. The number of hydrogen-bond donors (Lipinski definition) is 3. The lowest BCUT2D eigenvalue weighted by Gasteiger charge is -2.35. The predicted molar refractivity (Wildman–Crippen MR) is 39.4 cm³/mol. The minimum absolute atomic E-state index is 0.177. The normalized spacial score (nSPS) is 43.0. The molecule has 0 aromatic carbocycles. The Morgan fingerprint density at radius 3 is 2.67 bits per heavy atom. The van der Waals surface area contributed by atoms with Gasteiger partial charge in [-0.05, 0) is 0 Å². The van der Waals surface area contributed by atoms with Crippen LogP contribution in [0.4, 0.5) is 0 Å². The van der Waals surface area contributed by atoms with Gasteiger partial charge in [0.05, 0.1) is 18.8 Å². The van der Waals surface area contributed by atoms with E-state index in [0.29, 0.717) is 0 Å². The van der Waals surface area contributed by atoms with Crippen LogP contribution in [0.2, 0.25) is 0 Å². The summed E-state index contributed by atoms with van der Waals surface area (Å²) < 4.78 is 9.85. The molecule has 4 atom stereocenters. The molecule has 0 spiro atoms. The first-order valence-electron chi connectivity index (χ1n) is 3.84. The summed E-state index contributed by atoms with van der Waals surface area (Å²) in [5.41, 5.74) is 0. The number of methoxy groups -OCH3 is 1. The fraction of sp³-hybridized carbons (Fsp3) is 1.00. The number of rotatable bonds is 2. The molecule has 1 fully saturated rings. The monoisotopic (exact) mass is 178 g/mol. The molecule has 1 saturated heterocycles. The van der Waals surface area contributed by atoms with Crippen LogP contribution in [-0.4, -0.2) is 53.6 Å². The van der Waals surface area contributed by atoms with E-state index in [2.05, 4.69) is 0 Å². The Morgan fingerprint density at radius 2 is 2.17 bits per heavy atom. The van der Waals surface area contributed by atoms with Gasteiger partial charge in [0, 0.05) is 13.5 Å². The van der Waals surface area contributed by atoms with Crippen molar-refractivity contribution >= 4 is 0 Å². The molecule has 3 N–H and O–H groups in total. The van der Waals surface area contributed by atoms with Crippen LogP contribution in [0.1, 0.15) is 6.42 Å². The summed E-state index contributed by atoms with van der Waals surface area (Å²) in [6.45, 7) is -0.177. The molecule has 0 saturated carbocycles. The Kier molecular flexibility index (Phi) is 3.42. The highest BCUT2D eigenvalue weighted by Crippen LogP contribution is 2.20. The summed E-state index contributed by atoms with van der Waals surface area (Å²) in [6.07, 6.45) is -2.98. The smallest absolute Gasteiger partial charge is 0.186 e. The molecule has 0 aromatic rings. The van der Waals surface area contributed by atoms with Gasteiger partial charge in [0.15, 0.2) is 6.29 Å². The van der Waals surface area contributed by atoms with E-state index in [1.54, 1.807) is 0 Å². The van der Waals surface area contributed by atoms with Crippen LogP contribution in [0.3, 0.4) is 0 Å². The van der Waals surface area contributed by atoms with Gasteiger partial charge < -0.3 is 24.8 Å². The topological polar surface area (TPSA) is 79.2 Å². The molecule has 0 aliphatic carbocycles. The molecule has 12 heavy (non-hydrogen) atoms. The maximum absolute atomic E-state index is 9.27. The molecule has 0 aromatic heterocycles. The van der Waals surface area contributed by atoms with Crippen molar-refractivity contribution in [3.63, 3.8) is 0 Å². The van der Waals surface area contributed by atoms with E-state index >= 15 is 0 Å². The van der Waals surface area contributed by atoms with Gasteiger partial charge in [-0.15, -0.1) is 0 Å². The molecule has 5 heteroatoms. The number of hydrogen-bond acceptors (Lipinski definition) is 5. The number of aliphatic hydroxyl groups excluding tert-OH is 3. The molecule has 1 aliphatic rings. The van der Waals surface area contributed by atoms with Crippen molar-refractivity contribution in [1.29, 1.82) is 0 Å². The van der Waals surface area contributed by atoms with Crippen molar-refractivity contribution in [2.24, 2.45) is 0 Å². The highest BCUT2D eigenvalue weighted by atomic mass is 16.7. The molecular weight excluding hydrogens is 164 g/mol. The van der Waals surface area contributed by atoms with Crippen LogP contribution in [0.15, 0.2) is 0 Å². The van der Waals surface area contributed by atoms with Crippen LogP contribution in [0.5, 0.6) is 0 Å². The zero-order valence-corrected chi connectivity index (χ0v) is 6.88. The lowest BCUT2D eigenvalue weighted by atomic mass is 10.0. The van der Waals surface area contributed by atoms with E-state index in [-0.39, 0.29) is 13.0 Å². The number of aliphatic hydroxyl groups is 3. The second-order valence-corrected chi connectivity index (χ2v) is 2.84. The Morgan fingerprint density at radius 1 is 1.50 bits per heavy atom. The van der Waals surface area contributed by atoms with Crippen molar-refractivity contribution in [2.45, 2.75) is 31.0 Å². The van der Waals surface area contributed by atoms with Gasteiger partial charge in [0.1, 0.15) is 6.10 Å². The molecular formula is C7H14O5. The van der Waals surface area contributed by atoms with Gasteiger partial charge in [-0.2, -0.15) is 0 Å². The summed E-state index contributed by atoms with van der Waals surface area (Å²) in [6, 6.07) is 0. The highest BCUT2D eigenvalue weighted by Gasteiger charge is 2.36. The lowest BCUT2D eigenvalue weighted by Crippen LogP contribution is -2.49. The van der Waals surface area contributed by atoms with Gasteiger partial charge in [-0.3, -0.25) is 0 Å². The summed E-state index contributed by atoms with van der Waals surface area (Å²) in [4.78, 5) is 0. The van der Waals surface area contributed by atoms with Crippen molar-refractivity contribution in [2.75, 3.05) is 13.7 Å². The third-order valence-corrected chi connectivity index (χ3v) is 1.94. The van der Waals surface area contributed by atoms with Crippen molar-refractivity contribution in [1.82, 2.24) is 0 Å². The van der Waals surface area contributed by atoms with E-state index in [1.807, 2.05) is 0 Å². The maximum atomic E-state index is 9.27. The Labute approximate surface area is 70.5 Å². The summed E-state index contributed by atoms with van der Waals surface area (Å²) in [5, 5.41) is 27.3. The van der Waals surface area contributed by atoms with E-state index in [1.165, 1.54) is 7.11 Å². The first kappa shape index (κ1) is 9.88. The zero-order valence-electron chi connectivity index (χ0n) is 6.88. The fourth-order valence-electron chi connectivity index (χ4n) is 1.23. The standard InChI is InChI=1S/C7H14O5/c1-11-7-6(10)5(9)2-4(3-8)12-7/h4-10H,2-3H2,1H3/t4?,5?,6?,7-/m1/s1. The van der Waals surface area contributed by atoms with Gasteiger partial charge in [-0.1, -0.05) is 0 Å². The van der Waals surface area contributed by atoms with Gasteiger partial charge >= 0.3 is 0 Å². The minimum Gasteiger partial charge on any atom is -0.394 e. The maximum Gasteiger partial charge on any atom is 0.186 e. The van der Waals surface area contributed by atoms with Gasteiger partial charge in [0.25, 0.3) is 0 Å². The van der Waals surface area contributed by atoms with E-state index in [9.17, 15) is 10.2 Å². The highest BCUT2D eigenvalue weighted by molar-refractivity contribution is 4.80. The van der Waals surface area contributed by atoms with E-state index in [0.717, 1.165) is 0 Å². The lowest BCUT2D eigenvalue weighted by molar-refractivity contribution is -0.262. The fourth-order valence-corrected chi connectivity index (χ4v) is 1.23. The van der Waals surface area contributed by atoms with Crippen molar-refractivity contribution < 1.29 is 24.8 Å². The Balaban J connectivity index is 2.52. The van der Waals surface area contributed by atoms with Crippen LogP contribution >= 0.6 is 0 Å². The SMILES string of the molecule is CO[C@@H]1OC(CO)CC(O)C1O. The molecule has 1 heterocycles. The molecule has 0 amide bonds. The van der Waals surface area contributed by atoms with E-state index in [4.69, 9.17) is 14.6 Å². The first-order valence-corrected chi connectivity index (χ1v) is 3.84. The summed E-state index contributed by atoms with van der Waals surface area (Å²) >= 11 is 0. The summed E-state index contributed by atoms with van der Waals surface area (Å²) in [5.74, 6) is 0. The average molecular weight is 178 g/mol. The Hall–Kier alpha value is -0.200. The molecule has 0 bridgehead atoms. The average Bonchev–Trinajstić information content (AvgIpc) is 2.09. The quantitative estimate of drug-likeness (QED) is 0.477. The third-order valence-electron chi connectivity index (χ3n) is 1.94.